The first kappa shape index (κ1) is 12.4. The summed E-state index contributed by atoms with van der Waals surface area (Å²) in [6.07, 6.45) is 1.29. The van der Waals surface area contributed by atoms with Crippen LogP contribution in [0.2, 0.25) is 0 Å². The highest BCUT2D eigenvalue weighted by molar-refractivity contribution is 5.88. The van der Waals surface area contributed by atoms with Crippen LogP contribution in [0.3, 0.4) is 0 Å². The molecule has 1 heterocycles. The van der Waals surface area contributed by atoms with E-state index in [0.29, 0.717) is 12.3 Å². The van der Waals surface area contributed by atoms with Crippen molar-refractivity contribution in [1.29, 1.82) is 0 Å². The zero-order chi connectivity index (χ0) is 12.3. The Labute approximate surface area is 94.5 Å². The van der Waals surface area contributed by atoms with E-state index in [2.05, 4.69) is 9.97 Å². The molecule has 16 heavy (non-hydrogen) atoms. The normalized spacial score (nSPS) is 11.2. The number of ether oxygens (including phenoxy) is 1. The quantitative estimate of drug-likeness (QED) is 0.848. The second-order valence-electron chi connectivity index (χ2n) is 4.40. The first-order valence-electron chi connectivity index (χ1n) is 5.10. The van der Waals surface area contributed by atoms with Crippen molar-refractivity contribution in [2.24, 2.45) is 0 Å². The minimum atomic E-state index is -1.02. The van der Waals surface area contributed by atoms with Gasteiger partial charge in [0, 0.05) is 11.6 Å². The van der Waals surface area contributed by atoms with Crippen molar-refractivity contribution >= 4 is 5.97 Å². The Hall–Kier alpha value is -1.65. The molecule has 0 unspecified atom stereocenters. The molecule has 1 rings (SSSR count). The summed E-state index contributed by atoms with van der Waals surface area (Å²) >= 11 is 0. The third kappa shape index (κ3) is 2.68. The number of aromatic carboxylic acids is 1. The smallest absolute Gasteiger partial charge is 0.339 e. The Bertz CT molecular complexity index is 397. The second-order valence-corrected chi connectivity index (χ2v) is 4.40. The Morgan fingerprint density at radius 2 is 2.12 bits per heavy atom. The van der Waals surface area contributed by atoms with Crippen molar-refractivity contribution < 1.29 is 14.6 Å². The van der Waals surface area contributed by atoms with E-state index >= 15 is 0 Å². The predicted molar refractivity (Wildman–Crippen MR) is 58.9 cm³/mol. The van der Waals surface area contributed by atoms with Crippen molar-refractivity contribution in [3.05, 3.63) is 17.5 Å². The van der Waals surface area contributed by atoms with Crippen LogP contribution >= 0.6 is 0 Å². The molecule has 0 spiro atoms. The molecule has 0 atom stereocenters. The first-order chi connectivity index (χ1) is 7.36. The van der Waals surface area contributed by atoms with E-state index in [1.54, 1.807) is 0 Å². The SMILES string of the molecule is CCOc1ncc(C(=O)O)c(C(C)(C)C)n1. The van der Waals surface area contributed by atoms with E-state index in [-0.39, 0.29) is 17.0 Å². The van der Waals surface area contributed by atoms with E-state index in [0.717, 1.165) is 0 Å². The lowest BCUT2D eigenvalue weighted by Gasteiger charge is -2.19. The topological polar surface area (TPSA) is 72.3 Å². The Morgan fingerprint density at radius 1 is 1.50 bits per heavy atom. The van der Waals surface area contributed by atoms with Gasteiger partial charge in [0.1, 0.15) is 5.56 Å². The highest BCUT2D eigenvalue weighted by Gasteiger charge is 2.24. The van der Waals surface area contributed by atoms with Crippen LogP contribution in [0, 0.1) is 0 Å². The number of hydrogen-bond donors (Lipinski definition) is 1. The Balaban J connectivity index is 3.27. The molecule has 0 amide bonds. The summed E-state index contributed by atoms with van der Waals surface area (Å²) in [7, 11) is 0. The number of nitrogens with zero attached hydrogens (tertiary/aromatic N) is 2. The minimum Gasteiger partial charge on any atom is -0.478 e. The van der Waals surface area contributed by atoms with Crippen molar-refractivity contribution in [3.63, 3.8) is 0 Å². The number of carboxylic acid groups (broad SMARTS) is 1. The monoisotopic (exact) mass is 224 g/mol. The van der Waals surface area contributed by atoms with Crippen molar-refractivity contribution in [2.75, 3.05) is 6.61 Å². The number of carboxylic acids is 1. The first-order valence-corrected chi connectivity index (χ1v) is 5.10. The fraction of sp³-hybridized carbons (Fsp3) is 0.545. The largest absolute Gasteiger partial charge is 0.478 e. The van der Waals surface area contributed by atoms with Crippen LogP contribution < -0.4 is 4.74 Å². The maximum atomic E-state index is 11.0. The summed E-state index contributed by atoms with van der Waals surface area (Å²) < 4.78 is 5.16. The van der Waals surface area contributed by atoms with Crippen LogP contribution in [0.25, 0.3) is 0 Å². The number of carbonyl (C=O) groups is 1. The Morgan fingerprint density at radius 3 is 2.56 bits per heavy atom. The van der Waals surface area contributed by atoms with Gasteiger partial charge in [-0.25, -0.2) is 9.78 Å². The molecule has 0 bridgehead atoms. The molecule has 0 saturated carbocycles. The van der Waals surface area contributed by atoms with Crippen LogP contribution in [-0.2, 0) is 5.41 Å². The molecule has 0 aliphatic heterocycles. The summed E-state index contributed by atoms with van der Waals surface area (Å²) in [6, 6.07) is 0.220. The van der Waals surface area contributed by atoms with Gasteiger partial charge in [-0.15, -0.1) is 0 Å². The molecule has 88 valence electrons. The van der Waals surface area contributed by atoms with Gasteiger partial charge in [-0.05, 0) is 6.92 Å². The lowest BCUT2D eigenvalue weighted by molar-refractivity contribution is 0.0692. The van der Waals surface area contributed by atoms with Crippen LogP contribution in [-0.4, -0.2) is 27.7 Å². The molecule has 5 nitrogen and oxygen atoms in total. The Kier molecular flexibility index (Phi) is 3.47. The lowest BCUT2D eigenvalue weighted by Crippen LogP contribution is -2.20. The summed E-state index contributed by atoms with van der Waals surface area (Å²) in [5, 5.41) is 9.03. The molecular weight excluding hydrogens is 208 g/mol. The van der Waals surface area contributed by atoms with E-state index in [1.165, 1.54) is 6.20 Å². The van der Waals surface area contributed by atoms with Crippen LogP contribution in [0.15, 0.2) is 6.20 Å². The number of rotatable bonds is 3. The average Bonchev–Trinajstić information content (AvgIpc) is 2.16. The van der Waals surface area contributed by atoms with Gasteiger partial charge < -0.3 is 9.84 Å². The lowest BCUT2D eigenvalue weighted by atomic mass is 9.89. The fourth-order valence-electron chi connectivity index (χ4n) is 1.29. The average molecular weight is 224 g/mol. The summed E-state index contributed by atoms with van der Waals surface area (Å²) in [5.74, 6) is -1.02. The molecule has 0 aliphatic rings. The molecule has 1 N–H and O–H groups in total. The zero-order valence-corrected chi connectivity index (χ0v) is 9.94. The highest BCUT2D eigenvalue weighted by atomic mass is 16.5. The van der Waals surface area contributed by atoms with Gasteiger partial charge in [0.05, 0.1) is 12.3 Å². The molecule has 0 fully saturated rings. The van der Waals surface area contributed by atoms with E-state index in [4.69, 9.17) is 9.84 Å². The van der Waals surface area contributed by atoms with Gasteiger partial charge in [0.15, 0.2) is 0 Å². The molecular formula is C11H16N2O3. The molecule has 0 saturated heterocycles. The van der Waals surface area contributed by atoms with Crippen molar-refractivity contribution in [3.8, 4) is 6.01 Å². The molecule has 0 radical (unpaired) electrons. The van der Waals surface area contributed by atoms with Crippen LogP contribution in [0.1, 0.15) is 43.7 Å². The minimum absolute atomic E-state index is 0.121. The number of aromatic nitrogens is 2. The van der Waals surface area contributed by atoms with Gasteiger partial charge in [0.2, 0.25) is 0 Å². The summed E-state index contributed by atoms with van der Waals surface area (Å²) in [6.45, 7) is 7.98. The van der Waals surface area contributed by atoms with Gasteiger partial charge in [0.25, 0.3) is 0 Å². The summed E-state index contributed by atoms with van der Waals surface area (Å²) in [4.78, 5) is 19.0. The standard InChI is InChI=1S/C11H16N2O3/c1-5-16-10-12-6-7(9(14)15)8(13-10)11(2,3)4/h6H,5H2,1-4H3,(H,14,15). The highest BCUT2D eigenvalue weighted by Crippen LogP contribution is 2.24. The van der Waals surface area contributed by atoms with Crippen LogP contribution in [0.4, 0.5) is 0 Å². The van der Waals surface area contributed by atoms with E-state index in [9.17, 15) is 4.79 Å². The third-order valence-electron chi connectivity index (χ3n) is 1.98. The van der Waals surface area contributed by atoms with E-state index in [1.807, 2.05) is 27.7 Å². The molecule has 1 aromatic rings. The maximum absolute atomic E-state index is 11.0. The van der Waals surface area contributed by atoms with Gasteiger partial charge in [-0.1, -0.05) is 20.8 Å². The fourth-order valence-corrected chi connectivity index (χ4v) is 1.29. The number of hydrogen-bond acceptors (Lipinski definition) is 4. The molecule has 0 aliphatic carbocycles. The summed E-state index contributed by atoms with van der Waals surface area (Å²) in [5.41, 5.74) is 0.247. The van der Waals surface area contributed by atoms with Crippen LogP contribution in [0.5, 0.6) is 6.01 Å². The second kappa shape index (κ2) is 4.47. The maximum Gasteiger partial charge on any atom is 0.339 e. The molecule has 0 aromatic carbocycles. The van der Waals surface area contributed by atoms with Crippen molar-refractivity contribution in [2.45, 2.75) is 33.1 Å². The predicted octanol–water partition coefficient (Wildman–Crippen LogP) is 1.87. The zero-order valence-electron chi connectivity index (χ0n) is 9.94. The third-order valence-corrected chi connectivity index (χ3v) is 1.98. The molecule has 1 aromatic heterocycles. The van der Waals surface area contributed by atoms with Gasteiger partial charge in [-0.3, -0.25) is 0 Å². The van der Waals surface area contributed by atoms with Crippen molar-refractivity contribution in [1.82, 2.24) is 9.97 Å². The van der Waals surface area contributed by atoms with Gasteiger partial charge in [-0.2, -0.15) is 4.98 Å². The van der Waals surface area contributed by atoms with E-state index < -0.39 is 5.97 Å². The molecule has 5 heteroatoms. The van der Waals surface area contributed by atoms with Gasteiger partial charge >= 0.3 is 12.0 Å².